The first-order valence-corrected chi connectivity index (χ1v) is 9.44. The molecule has 0 radical (unpaired) electrons. The fraction of sp³-hybridized carbons (Fsp3) is 0.235. The Hall–Kier alpha value is -1.96. The molecule has 25 heavy (non-hydrogen) atoms. The maximum Gasteiger partial charge on any atom is 0.241 e. The van der Waals surface area contributed by atoms with E-state index in [0.717, 1.165) is 5.56 Å². The summed E-state index contributed by atoms with van der Waals surface area (Å²) in [6.45, 7) is 1.71. The van der Waals surface area contributed by atoms with Gasteiger partial charge in [-0.05, 0) is 49.2 Å². The van der Waals surface area contributed by atoms with Crippen molar-refractivity contribution in [3.05, 3.63) is 64.9 Å². The third-order valence-corrected chi connectivity index (χ3v) is 5.21. The standard InChI is InChI=1S/C17H18ClFN2O3S/c1-12(21-25(23,24)16-7-3-5-14(18)11-16)17(22)20-9-8-13-4-2-6-15(19)10-13/h2-7,10-12,21H,8-9H2,1H3,(H,20,22)/t12-/m1/s1. The molecule has 2 N–H and O–H groups in total. The van der Waals surface area contributed by atoms with Crippen LogP contribution in [0, 0.1) is 5.82 Å². The van der Waals surface area contributed by atoms with E-state index in [1.54, 1.807) is 18.2 Å². The van der Waals surface area contributed by atoms with E-state index in [1.165, 1.54) is 37.3 Å². The zero-order valence-corrected chi connectivity index (χ0v) is 15.1. The van der Waals surface area contributed by atoms with Gasteiger partial charge in [-0.25, -0.2) is 12.8 Å². The van der Waals surface area contributed by atoms with Crippen LogP contribution in [0.1, 0.15) is 12.5 Å². The average molecular weight is 385 g/mol. The lowest BCUT2D eigenvalue weighted by atomic mass is 10.1. The number of amides is 1. The van der Waals surface area contributed by atoms with Crippen LogP contribution in [0.3, 0.4) is 0 Å². The molecule has 1 atom stereocenters. The van der Waals surface area contributed by atoms with Gasteiger partial charge in [0.15, 0.2) is 0 Å². The van der Waals surface area contributed by atoms with Crippen LogP contribution in [-0.4, -0.2) is 26.9 Å². The molecule has 8 heteroatoms. The van der Waals surface area contributed by atoms with Gasteiger partial charge in [0.2, 0.25) is 15.9 Å². The van der Waals surface area contributed by atoms with Gasteiger partial charge in [0, 0.05) is 11.6 Å². The molecule has 0 bridgehead atoms. The third-order valence-electron chi connectivity index (χ3n) is 3.43. The summed E-state index contributed by atoms with van der Waals surface area (Å²) in [6, 6.07) is 10.9. The summed E-state index contributed by atoms with van der Waals surface area (Å²) in [5, 5.41) is 2.91. The summed E-state index contributed by atoms with van der Waals surface area (Å²) in [5.41, 5.74) is 0.743. The molecular weight excluding hydrogens is 367 g/mol. The van der Waals surface area contributed by atoms with E-state index in [-0.39, 0.29) is 22.3 Å². The molecule has 1 amide bonds. The topological polar surface area (TPSA) is 75.3 Å². The van der Waals surface area contributed by atoms with E-state index in [1.807, 2.05) is 0 Å². The lowest BCUT2D eigenvalue weighted by Crippen LogP contribution is -2.45. The number of carbonyl (C=O) groups excluding carboxylic acids is 1. The SMILES string of the molecule is C[C@@H](NS(=O)(=O)c1cccc(Cl)c1)C(=O)NCCc1cccc(F)c1. The molecule has 134 valence electrons. The van der Waals surface area contributed by atoms with Gasteiger partial charge in [-0.2, -0.15) is 4.72 Å². The van der Waals surface area contributed by atoms with Crippen LogP contribution in [0.4, 0.5) is 4.39 Å². The number of carbonyl (C=O) groups is 1. The van der Waals surface area contributed by atoms with Crippen LogP contribution in [0.25, 0.3) is 0 Å². The molecule has 0 heterocycles. The summed E-state index contributed by atoms with van der Waals surface area (Å²) in [6.07, 6.45) is 0.442. The van der Waals surface area contributed by atoms with Gasteiger partial charge in [-0.3, -0.25) is 4.79 Å². The first-order chi connectivity index (χ1) is 11.8. The quantitative estimate of drug-likeness (QED) is 0.770. The van der Waals surface area contributed by atoms with Crippen LogP contribution in [0.2, 0.25) is 5.02 Å². The molecule has 5 nitrogen and oxygen atoms in total. The highest BCUT2D eigenvalue weighted by Crippen LogP contribution is 2.15. The van der Waals surface area contributed by atoms with Gasteiger partial charge in [-0.15, -0.1) is 0 Å². The lowest BCUT2D eigenvalue weighted by molar-refractivity contribution is -0.122. The molecule has 2 rings (SSSR count). The van der Waals surface area contributed by atoms with E-state index in [4.69, 9.17) is 11.6 Å². The molecule has 0 aliphatic heterocycles. The Morgan fingerprint density at radius 2 is 1.92 bits per heavy atom. The number of sulfonamides is 1. The molecular formula is C17H18ClFN2O3S. The molecule has 2 aromatic carbocycles. The number of rotatable bonds is 7. The maximum absolute atomic E-state index is 13.1. The summed E-state index contributed by atoms with van der Waals surface area (Å²) in [5.74, 6) is -0.812. The van der Waals surface area contributed by atoms with Crippen molar-refractivity contribution >= 4 is 27.5 Å². The fourth-order valence-electron chi connectivity index (χ4n) is 2.16. The van der Waals surface area contributed by atoms with Crippen molar-refractivity contribution in [2.75, 3.05) is 6.54 Å². The maximum atomic E-state index is 13.1. The molecule has 0 fully saturated rings. The Morgan fingerprint density at radius 1 is 1.20 bits per heavy atom. The summed E-state index contributed by atoms with van der Waals surface area (Å²) in [4.78, 5) is 12.0. The third kappa shape index (κ3) is 5.81. The second-order valence-electron chi connectivity index (χ2n) is 5.47. The van der Waals surface area contributed by atoms with Gasteiger partial charge in [-0.1, -0.05) is 29.8 Å². The van der Waals surface area contributed by atoms with Crippen LogP contribution in [0.5, 0.6) is 0 Å². The highest BCUT2D eigenvalue weighted by Gasteiger charge is 2.21. The van der Waals surface area contributed by atoms with Crippen molar-refractivity contribution in [1.82, 2.24) is 10.0 Å². The molecule has 0 aromatic heterocycles. The number of nitrogens with one attached hydrogen (secondary N) is 2. The van der Waals surface area contributed by atoms with Gasteiger partial charge in [0.1, 0.15) is 5.82 Å². The van der Waals surface area contributed by atoms with Gasteiger partial charge in [0.25, 0.3) is 0 Å². The predicted octanol–water partition coefficient (Wildman–Crippen LogP) is 2.50. The minimum atomic E-state index is -3.85. The monoisotopic (exact) mass is 384 g/mol. The zero-order chi connectivity index (χ0) is 18.4. The van der Waals surface area contributed by atoms with E-state index < -0.39 is 22.0 Å². The van der Waals surface area contributed by atoms with Crippen LogP contribution >= 0.6 is 11.6 Å². The van der Waals surface area contributed by atoms with Crippen molar-refractivity contribution in [3.8, 4) is 0 Å². The Morgan fingerprint density at radius 3 is 2.60 bits per heavy atom. The fourth-order valence-corrected chi connectivity index (χ4v) is 3.67. The minimum absolute atomic E-state index is 0.0144. The second kappa shape index (κ2) is 8.42. The number of halogens is 2. The van der Waals surface area contributed by atoms with Crippen molar-refractivity contribution in [1.29, 1.82) is 0 Å². The highest BCUT2D eigenvalue weighted by atomic mass is 35.5. The normalized spacial score (nSPS) is 12.6. The molecule has 0 aliphatic rings. The van der Waals surface area contributed by atoms with Crippen LogP contribution in [0.15, 0.2) is 53.4 Å². The molecule has 0 saturated heterocycles. The lowest BCUT2D eigenvalue weighted by Gasteiger charge is -2.14. The molecule has 2 aromatic rings. The van der Waals surface area contributed by atoms with E-state index in [0.29, 0.717) is 6.42 Å². The van der Waals surface area contributed by atoms with E-state index >= 15 is 0 Å². The minimum Gasteiger partial charge on any atom is -0.354 e. The highest BCUT2D eigenvalue weighted by molar-refractivity contribution is 7.89. The Labute approximate surface area is 151 Å². The number of benzene rings is 2. The van der Waals surface area contributed by atoms with Crippen molar-refractivity contribution < 1.29 is 17.6 Å². The van der Waals surface area contributed by atoms with Gasteiger partial charge < -0.3 is 5.32 Å². The molecule has 0 saturated carbocycles. The largest absolute Gasteiger partial charge is 0.354 e. The second-order valence-corrected chi connectivity index (χ2v) is 7.62. The van der Waals surface area contributed by atoms with Gasteiger partial charge in [0.05, 0.1) is 10.9 Å². The van der Waals surface area contributed by atoms with Crippen molar-refractivity contribution in [3.63, 3.8) is 0 Å². The average Bonchev–Trinajstić information content (AvgIpc) is 2.54. The van der Waals surface area contributed by atoms with Crippen molar-refractivity contribution in [2.24, 2.45) is 0 Å². The summed E-state index contributed by atoms with van der Waals surface area (Å²) >= 11 is 5.79. The van der Waals surface area contributed by atoms with Crippen LogP contribution < -0.4 is 10.0 Å². The first kappa shape index (κ1) is 19.4. The Kier molecular flexibility index (Phi) is 6.52. The number of hydrogen-bond donors (Lipinski definition) is 2. The van der Waals surface area contributed by atoms with Gasteiger partial charge >= 0.3 is 0 Å². The Balaban J connectivity index is 1.89. The van der Waals surface area contributed by atoms with Crippen molar-refractivity contribution in [2.45, 2.75) is 24.3 Å². The van der Waals surface area contributed by atoms with E-state index in [9.17, 15) is 17.6 Å². The Bertz CT molecular complexity index is 858. The summed E-state index contributed by atoms with van der Waals surface area (Å²) in [7, 11) is -3.85. The first-order valence-electron chi connectivity index (χ1n) is 7.58. The number of hydrogen-bond acceptors (Lipinski definition) is 3. The van der Waals surface area contributed by atoms with E-state index in [2.05, 4.69) is 10.0 Å². The smallest absolute Gasteiger partial charge is 0.241 e. The summed E-state index contributed by atoms with van der Waals surface area (Å²) < 4.78 is 39.9. The molecule has 0 unspecified atom stereocenters. The zero-order valence-electron chi connectivity index (χ0n) is 13.5. The molecule has 0 aliphatic carbocycles. The van der Waals surface area contributed by atoms with Crippen LogP contribution in [-0.2, 0) is 21.2 Å². The predicted molar refractivity (Wildman–Crippen MR) is 94.3 cm³/mol. The molecule has 0 spiro atoms.